The maximum absolute atomic E-state index is 13.6. The number of nitrogens with one attached hydrogen (secondary N) is 2. The van der Waals surface area contributed by atoms with Gasteiger partial charge in [0.15, 0.2) is 0 Å². The van der Waals surface area contributed by atoms with Gasteiger partial charge in [-0.15, -0.1) is 0 Å². The Morgan fingerprint density at radius 1 is 1.06 bits per heavy atom. The molecule has 0 unspecified atom stereocenters. The highest BCUT2D eigenvalue weighted by Gasteiger charge is 2.34. The highest BCUT2D eigenvalue weighted by Crippen LogP contribution is 2.37. The van der Waals surface area contributed by atoms with Crippen LogP contribution >= 0.6 is 0 Å². The summed E-state index contributed by atoms with van der Waals surface area (Å²) in [6, 6.07) is 22.8. The van der Waals surface area contributed by atoms with Crippen molar-refractivity contribution in [3.8, 4) is 11.5 Å². The lowest BCUT2D eigenvalue weighted by atomic mass is 9.94. The number of allylic oxidation sites excluding steroid dienone is 1. The summed E-state index contributed by atoms with van der Waals surface area (Å²) < 4.78 is 13.2. The third kappa shape index (κ3) is 4.65. The molecule has 0 aliphatic carbocycles. The Bertz CT molecular complexity index is 1430. The lowest BCUT2D eigenvalue weighted by Gasteiger charge is -2.29. The first-order valence-corrected chi connectivity index (χ1v) is 11.6. The molecular weight excluding hydrogens is 454 g/mol. The highest BCUT2D eigenvalue weighted by atomic mass is 16.5. The zero-order chi connectivity index (χ0) is 25.1. The summed E-state index contributed by atoms with van der Waals surface area (Å²) in [6.07, 6.45) is 1.47. The molecule has 0 bridgehead atoms. The fourth-order valence-corrected chi connectivity index (χ4v) is 4.26. The molecule has 36 heavy (non-hydrogen) atoms. The Balaban J connectivity index is 1.46. The van der Waals surface area contributed by atoms with Gasteiger partial charge in [-0.1, -0.05) is 54.1 Å². The number of ether oxygens (including phenoxy) is 2. The fraction of sp³-hybridized carbons (Fsp3) is 0.179. The van der Waals surface area contributed by atoms with Gasteiger partial charge in [0, 0.05) is 5.70 Å². The van der Waals surface area contributed by atoms with Gasteiger partial charge in [0.2, 0.25) is 5.95 Å². The van der Waals surface area contributed by atoms with E-state index in [-0.39, 0.29) is 5.91 Å². The third-order valence-electron chi connectivity index (χ3n) is 6.09. The van der Waals surface area contributed by atoms with E-state index in [9.17, 15) is 4.79 Å². The number of rotatable bonds is 7. The number of hydrogen-bond acceptors (Lipinski definition) is 6. The number of benzene rings is 3. The normalized spacial score (nSPS) is 14.6. The van der Waals surface area contributed by atoms with Crippen LogP contribution in [0.15, 0.2) is 90.4 Å². The molecule has 5 rings (SSSR count). The summed E-state index contributed by atoms with van der Waals surface area (Å²) in [5, 5.41) is 10.6. The Kier molecular flexibility index (Phi) is 6.40. The van der Waals surface area contributed by atoms with Gasteiger partial charge in [0.1, 0.15) is 30.5 Å². The number of carbonyl (C=O) groups excluding carboxylic acids is 1. The van der Waals surface area contributed by atoms with E-state index in [2.05, 4.69) is 51.9 Å². The van der Waals surface area contributed by atoms with E-state index in [0.29, 0.717) is 41.0 Å². The average molecular weight is 482 g/mol. The quantitative estimate of drug-likeness (QED) is 0.382. The maximum atomic E-state index is 13.6. The minimum absolute atomic E-state index is 0.262. The average Bonchev–Trinajstić information content (AvgIpc) is 3.36. The van der Waals surface area contributed by atoms with Crippen molar-refractivity contribution in [2.45, 2.75) is 26.5 Å². The molecule has 8 heteroatoms. The minimum atomic E-state index is -0.499. The second kappa shape index (κ2) is 9.95. The zero-order valence-corrected chi connectivity index (χ0v) is 20.4. The minimum Gasteiger partial charge on any atom is -0.495 e. The van der Waals surface area contributed by atoms with Crippen LogP contribution in [0.4, 0.5) is 11.6 Å². The Morgan fingerprint density at radius 3 is 2.67 bits per heavy atom. The molecule has 0 spiro atoms. The molecule has 1 amide bonds. The van der Waals surface area contributed by atoms with Crippen molar-refractivity contribution in [1.82, 2.24) is 14.8 Å². The molecule has 2 heterocycles. The first-order chi connectivity index (χ1) is 17.5. The molecule has 8 nitrogen and oxygen atoms in total. The second-order valence-electron chi connectivity index (χ2n) is 8.60. The molecule has 3 aromatic carbocycles. The molecule has 0 saturated heterocycles. The van der Waals surface area contributed by atoms with Gasteiger partial charge in [0.05, 0.1) is 18.4 Å². The Morgan fingerprint density at radius 2 is 1.86 bits per heavy atom. The predicted molar refractivity (Wildman–Crippen MR) is 138 cm³/mol. The molecule has 1 aromatic heterocycles. The molecule has 1 aliphatic rings. The molecule has 2 N–H and O–H groups in total. The SMILES string of the molecule is COc1ccccc1NC(=O)C1=C(C)Nc2ncnn2[C@H]1c1cccc(OCc2ccc(C)cc2)c1. The zero-order valence-electron chi connectivity index (χ0n) is 20.4. The van der Waals surface area contributed by atoms with Gasteiger partial charge in [-0.3, -0.25) is 4.79 Å². The summed E-state index contributed by atoms with van der Waals surface area (Å²) in [5.74, 6) is 1.59. The molecule has 0 radical (unpaired) electrons. The standard InChI is InChI=1S/C28H27N5O3/c1-18-11-13-20(14-12-18)16-36-22-8-6-7-21(15-22)26-25(19(2)31-28-29-17-30-33(26)28)27(34)32-23-9-4-5-10-24(23)35-3/h4-15,17,26H,16H2,1-3H3,(H,32,34)(H,29,30,31)/t26-/m0/s1. The maximum Gasteiger partial charge on any atom is 0.255 e. The van der Waals surface area contributed by atoms with E-state index in [1.165, 1.54) is 11.9 Å². The van der Waals surface area contributed by atoms with Crippen molar-refractivity contribution in [1.29, 1.82) is 0 Å². The Hall–Kier alpha value is -4.59. The highest BCUT2D eigenvalue weighted by molar-refractivity contribution is 6.06. The van der Waals surface area contributed by atoms with Crippen LogP contribution in [0, 0.1) is 6.92 Å². The first-order valence-electron chi connectivity index (χ1n) is 11.6. The second-order valence-corrected chi connectivity index (χ2v) is 8.60. The van der Waals surface area contributed by atoms with Crippen molar-refractivity contribution in [2.24, 2.45) is 0 Å². The van der Waals surface area contributed by atoms with E-state index in [1.807, 2.05) is 43.3 Å². The number of para-hydroxylation sites is 2. The van der Waals surface area contributed by atoms with Crippen LogP contribution in [0.25, 0.3) is 0 Å². The van der Waals surface area contributed by atoms with Crippen molar-refractivity contribution in [3.05, 3.63) is 107 Å². The van der Waals surface area contributed by atoms with E-state index >= 15 is 0 Å². The van der Waals surface area contributed by atoms with Crippen LogP contribution in [-0.4, -0.2) is 27.8 Å². The van der Waals surface area contributed by atoms with E-state index in [1.54, 1.807) is 23.9 Å². The molecule has 182 valence electrons. The van der Waals surface area contributed by atoms with Gasteiger partial charge in [0.25, 0.3) is 5.91 Å². The number of hydrogen-bond donors (Lipinski definition) is 2. The van der Waals surface area contributed by atoms with Crippen molar-refractivity contribution in [2.75, 3.05) is 17.7 Å². The number of amides is 1. The van der Waals surface area contributed by atoms with Gasteiger partial charge < -0.3 is 20.1 Å². The number of aryl methyl sites for hydroxylation is 1. The monoisotopic (exact) mass is 481 g/mol. The van der Waals surface area contributed by atoms with Gasteiger partial charge >= 0.3 is 0 Å². The summed E-state index contributed by atoms with van der Waals surface area (Å²) >= 11 is 0. The van der Waals surface area contributed by atoms with Crippen molar-refractivity contribution >= 4 is 17.5 Å². The van der Waals surface area contributed by atoms with Crippen molar-refractivity contribution in [3.63, 3.8) is 0 Å². The topological polar surface area (TPSA) is 90.3 Å². The van der Waals surface area contributed by atoms with E-state index in [0.717, 1.165) is 11.1 Å². The van der Waals surface area contributed by atoms with Crippen LogP contribution < -0.4 is 20.1 Å². The van der Waals surface area contributed by atoms with Crippen LogP contribution in [0.3, 0.4) is 0 Å². The van der Waals surface area contributed by atoms with Crippen LogP contribution in [0.2, 0.25) is 0 Å². The molecule has 4 aromatic rings. The van der Waals surface area contributed by atoms with E-state index in [4.69, 9.17) is 9.47 Å². The number of methoxy groups -OCH3 is 1. The van der Waals surface area contributed by atoms with Gasteiger partial charge in [-0.25, -0.2) is 4.68 Å². The summed E-state index contributed by atoms with van der Waals surface area (Å²) in [4.78, 5) is 17.9. The fourth-order valence-electron chi connectivity index (χ4n) is 4.26. The van der Waals surface area contributed by atoms with Gasteiger partial charge in [-0.05, 0) is 49.2 Å². The molecule has 0 fully saturated rings. The summed E-state index contributed by atoms with van der Waals surface area (Å²) in [6.45, 7) is 4.36. The van der Waals surface area contributed by atoms with Crippen molar-refractivity contribution < 1.29 is 14.3 Å². The third-order valence-corrected chi connectivity index (χ3v) is 6.09. The predicted octanol–water partition coefficient (Wildman–Crippen LogP) is 5.10. The lowest BCUT2D eigenvalue weighted by Crippen LogP contribution is -2.31. The van der Waals surface area contributed by atoms with Crippen LogP contribution in [0.1, 0.15) is 29.7 Å². The summed E-state index contributed by atoms with van der Waals surface area (Å²) in [7, 11) is 1.57. The molecule has 0 saturated carbocycles. The molecular formula is C28H27N5O3. The number of nitrogens with zero attached hydrogens (tertiary/aromatic N) is 3. The largest absolute Gasteiger partial charge is 0.495 e. The number of anilines is 2. The number of aromatic nitrogens is 3. The first kappa shape index (κ1) is 23.2. The summed E-state index contributed by atoms with van der Waals surface area (Å²) in [5.41, 5.74) is 4.95. The smallest absolute Gasteiger partial charge is 0.255 e. The van der Waals surface area contributed by atoms with E-state index < -0.39 is 6.04 Å². The van der Waals surface area contributed by atoms with Crippen LogP contribution in [-0.2, 0) is 11.4 Å². The molecule has 1 atom stereocenters. The number of fused-ring (bicyclic) bond motifs is 1. The Labute approximate surface area is 209 Å². The number of carbonyl (C=O) groups is 1. The van der Waals surface area contributed by atoms with Gasteiger partial charge in [-0.2, -0.15) is 10.1 Å². The lowest BCUT2D eigenvalue weighted by molar-refractivity contribution is -0.113. The molecule has 1 aliphatic heterocycles. The van der Waals surface area contributed by atoms with Crippen LogP contribution in [0.5, 0.6) is 11.5 Å².